The van der Waals surface area contributed by atoms with Crippen molar-refractivity contribution in [3.05, 3.63) is 42.5 Å². The van der Waals surface area contributed by atoms with Crippen molar-refractivity contribution in [3.63, 3.8) is 0 Å². The maximum Gasteiger partial charge on any atom is 0.238 e. The minimum atomic E-state index is -0.0334. The van der Waals surface area contributed by atoms with E-state index in [1.165, 1.54) is 38.5 Å². The van der Waals surface area contributed by atoms with Gasteiger partial charge in [-0.1, -0.05) is 50.7 Å². The first-order valence-corrected chi connectivity index (χ1v) is 13.5. The third-order valence-electron chi connectivity index (χ3n) is 7.56. The normalized spacial score (nSPS) is 17.4. The molecule has 36 heavy (non-hydrogen) atoms. The molecule has 7 nitrogen and oxygen atoms in total. The number of hydrogen-bond donors (Lipinski definition) is 2. The minimum Gasteiger partial charge on any atom is -0.273 e. The average molecular weight is 488 g/mol. The van der Waals surface area contributed by atoms with Gasteiger partial charge in [0.1, 0.15) is 0 Å². The second kappa shape index (κ2) is 10.9. The fourth-order valence-corrected chi connectivity index (χ4v) is 5.60. The van der Waals surface area contributed by atoms with Gasteiger partial charge in [-0.15, -0.1) is 0 Å². The van der Waals surface area contributed by atoms with Gasteiger partial charge in [-0.05, 0) is 56.0 Å². The summed E-state index contributed by atoms with van der Waals surface area (Å²) in [6, 6.07) is 14.7. The van der Waals surface area contributed by atoms with Crippen LogP contribution in [0.1, 0.15) is 78.1 Å². The fourth-order valence-electron chi connectivity index (χ4n) is 5.60. The van der Waals surface area contributed by atoms with Crippen LogP contribution in [0.15, 0.2) is 42.5 Å². The standard InChI is InChI=1S/C29H37N5O2/c1-20(35)33(31-24-9-5-3-6-10-24)26-15-13-22-17-23-14-16-27(19-29(23)30-28(22)18-26)34(21(2)36)32-25-11-7-4-8-12-25/h13-19,24-25,31-32H,3-12H2,1-2H3. The van der Waals surface area contributed by atoms with Crippen molar-refractivity contribution >= 4 is 45.0 Å². The van der Waals surface area contributed by atoms with E-state index in [9.17, 15) is 9.59 Å². The number of rotatable bonds is 6. The molecule has 0 radical (unpaired) electrons. The molecule has 7 heteroatoms. The summed E-state index contributed by atoms with van der Waals surface area (Å²) in [5, 5.41) is 5.37. The lowest BCUT2D eigenvalue weighted by Crippen LogP contribution is -2.48. The molecule has 1 aromatic heterocycles. The molecule has 2 aliphatic carbocycles. The third-order valence-corrected chi connectivity index (χ3v) is 7.56. The number of nitrogens with one attached hydrogen (secondary N) is 2. The van der Waals surface area contributed by atoms with E-state index in [1.807, 2.05) is 36.4 Å². The molecule has 0 bridgehead atoms. The molecule has 2 saturated carbocycles. The van der Waals surface area contributed by atoms with E-state index in [4.69, 9.17) is 4.98 Å². The highest BCUT2D eigenvalue weighted by atomic mass is 16.2. The summed E-state index contributed by atoms with van der Waals surface area (Å²) in [6.45, 7) is 3.19. The number of nitrogens with zero attached hydrogens (tertiary/aromatic N) is 3. The zero-order chi connectivity index (χ0) is 25.1. The van der Waals surface area contributed by atoms with Crippen LogP contribution in [0.2, 0.25) is 0 Å². The SMILES string of the molecule is CC(=O)N(NC1CCCCC1)c1ccc2cc3ccc(N(NC4CCCCC4)C(C)=O)cc3nc2c1. The highest BCUT2D eigenvalue weighted by Crippen LogP contribution is 2.28. The predicted octanol–water partition coefficient (Wildman–Crippen LogP) is 5.77. The molecule has 0 aliphatic heterocycles. The maximum absolute atomic E-state index is 12.5. The van der Waals surface area contributed by atoms with Gasteiger partial charge in [0, 0.05) is 36.7 Å². The van der Waals surface area contributed by atoms with Crippen molar-refractivity contribution in [1.82, 2.24) is 15.8 Å². The Morgan fingerprint density at radius 2 is 1.08 bits per heavy atom. The number of pyridine rings is 1. The fraction of sp³-hybridized carbons (Fsp3) is 0.483. The molecule has 0 atom stereocenters. The average Bonchev–Trinajstić information content (AvgIpc) is 2.89. The molecule has 0 unspecified atom stereocenters. The first-order valence-electron chi connectivity index (χ1n) is 13.5. The Bertz CT molecular complexity index is 1150. The summed E-state index contributed by atoms with van der Waals surface area (Å²) < 4.78 is 0. The van der Waals surface area contributed by atoms with Crippen molar-refractivity contribution in [2.24, 2.45) is 0 Å². The smallest absolute Gasteiger partial charge is 0.238 e. The van der Waals surface area contributed by atoms with Gasteiger partial charge in [0.2, 0.25) is 11.8 Å². The predicted molar refractivity (Wildman–Crippen MR) is 146 cm³/mol. The first-order chi connectivity index (χ1) is 17.5. The topological polar surface area (TPSA) is 77.6 Å². The summed E-state index contributed by atoms with van der Waals surface area (Å²) in [6.07, 6.45) is 11.7. The van der Waals surface area contributed by atoms with Gasteiger partial charge < -0.3 is 0 Å². The third kappa shape index (κ3) is 5.52. The summed E-state index contributed by atoms with van der Waals surface area (Å²) in [5.74, 6) is -0.0669. The molecule has 3 aromatic rings. The van der Waals surface area contributed by atoms with E-state index in [0.717, 1.165) is 58.9 Å². The van der Waals surface area contributed by atoms with Gasteiger partial charge in [-0.3, -0.25) is 9.59 Å². The second-order valence-corrected chi connectivity index (χ2v) is 10.4. The van der Waals surface area contributed by atoms with E-state index in [1.54, 1.807) is 23.9 Å². The van der Waals surface area contributed by atoms with Crippen molar-refractivity contribution in [2.75, 3.05) is 10.0 Å². The van der Waals surface area contributed by atoms with E-state index < -0.39 is 0 Å². The molecule has 0 saturated heterocycles. The summed E-state index contributed by atoms with van der Waals surface area (Å²) in [4.78, 5) is 30.0. The lowest BCUT2D eigenvalue weighted by Gasteiger charge is -2.30. The van der Waals surface area contributed by atoms with Crippen LogP contribution in [0.5, 0.6) is 0 Å². The molecular weight excluding hydrogens is 450 g/mol. The molecule has 5 rings (SSSR count). The van der Waals surface area contributed by atoms with Crippen LogP contribution in [0.3, 0.4) is 0 Å². The van der Waals surface area contributed by atoms with Crippen molar-refractivity contribution in [1.29, 1.82) is 0 Å². The van der Waals surface area contributed by atoms with Crippen LogP contribution >= 0.6 is 0 Å². The summed E-state index contributed by atoms with van der Waals surface area (Å²) in [5.41, 5.74) is 10.1. The summed E-state index contributed by atoms with van der Waals surface area (Å²) >= 11 is 0. The van der Waals surface area contributed by atoms with E-state index in [0.29, 0.717) is 12.1 Å². The molecule has 1 heterocycles. The Kier molecular flexibility index (Phi) is 7.48. The highest BCUT2D eigenvalue weighted by Gasteiger charge is 2.21. The lowest BCUT2D eigenvalue weighted by molar-refractivity contribution is -0.118. The molecule has 2 N–H and O–H groups in total. The Morgan fingerprint density at radius 3 is 1.47 bits per heavy atom. The number of hydrogen-bond acceptors (Lipinski definition) is 5. The number of hydrazine groups is 2. The quantitative estimate of drug-likeness (QED) is 0.341. The van der Waals surface area contributed by atoms with Crippen LogP contribution in [0, 0.1) is 0 Å². The molecule has 2 aromatic carbocycles. The number of aromatic nitrogens is 1. The molecular formula is C29H37N5O2. The number of carbonyl (C=O) groups excluding carboxylic acids is 2. The first kappa shape index (κ1) is 24.7. The van der Waals surface area contributed by atoms with E-state index in [2.05, 4.69) is 16.9 Å². The van der Waals surface area contributed by atoms with Crippen LogP contribution in [0.25, 0.3) is 21.8 Å². The largest absolute Gasteiger partial charge is 0.273 e. The Morgan fingerprint density at radius 1 is 0.667 bits per heavy atom. The van der Waals surface area contributed by atoms with Gasteiger partial charge in [0.25, 0.3) is 0 Å². The monoisotopic (exact) mass is 487 g/mol. The van der Waals surface area contributed by atoms with Gasteiger partial charge in [-0.25, -0.2) is 25.9 Å². The Labute approximate surface area is 213 Å². The van der Waals surface area contributed by atoms with Crippen LogP contribution < -0.4 is 20.9 Å². The van der Waals surface area contributed by atoms with Crippen LogP contribution in [0.4, 0.5) is 11.4 Å². The van der Waals surface area contributed by atoms with E-state index in [-0.39, 0.29) is 11.8 Å². The zero-order valence-electron chi connectivity index (χ0n) is 21.4. The lowest BCUT2D eigenvalue weighted by atomic mass is 9.96. The number of anilines is 2. The van der Waals surface area contributed by atoms with Crippen LogP contribution in [-0.2, 0) is 9.59 Å². The van der Waals surface area contributed by atoms with Gasteiger partial charge in [0.15, 0.2) is 0 Å². The molecule has 2 amide bonds. The maximum atomic E-state index is 12.5. The van der Waals surface area contributed by atoms with Gasteiger partial charge in [0.05, 0.1) is 22.4 Å². The summed E-state index contributed by atoms with van der Waals surface area (Å²) in [7, 11) is 0. The highest BCUT2D eigenvalue weighted by molar-refractivity contribution is 5.99. The van der Waals surface area contributed by atoms with Gasteiger partial charge in [-0.2, -0.15) is 0 Å². The van der Waals surface area contributed by atoms with Crippen molar-refractivity contribution < 1.29 is 9.59 Å². The minimum absolute atomic E-state index is 0.0334. The number of fused-ring (bicyclic) bond motifs is 2. The Balaban J connectivity index is 1.45. The number of amides is 2. The Hall–Kier alpha value is -3.03. The van der Waals surface area contributed by atoms with Crippen LogP contribution in [-0.4, -0.2) is 28.9 Å². The molecule has 190 valence electrons. The number of benzene rings is 2. The zero-order valence-corrected chi connectivity index (χ0v) is 21.4. The molecule has 2 aliphatic rings. The van der Waals surface area contributed by atoms with Gasteiger partial charge >= 0.3 is 0 Å². The van der Waals surface area contributed by atoms with Crippen molar-refractivity contribution in [2.45, 2.75) is 90.1 Å². The molecule has 2 fully saturated rings. The van der Waals surface area contributed by atoms with E-state index >= 15 is 0 Å². The molecule has 0 spiro atoms. The second-order valence-electron chi connectivity index (χ2n) is 10.4. The number of carbonyl (C=O) groups is 2. The van der Waals surface area contributed by atoms with Crippen molar-refractivity contribution in [3.8, 4) is 0 Å².